The molecule has 0 unspecified atom stereocenters. The summed E-state index contributed by atoms with van der Waals surface area (Å²) in [7, 11) is 0. The van der Waals surface area contributed by atoms with Gasteiger partial charge in [-0.05, 0) is 19.8 Å². The van der Waals surface area contributed by atoms with Crippen LogP contribution in [0.4, 0.5) is 0 Å². The number of rotatable bonds is 6. The van der Waals surface area contributed by atoms with Gasteiger partial charge in [-0.1, -0.05) is 26.3 Å². The van der Waals surface area contributed by atoms with Crippen molar-refractivity contribution in [1.82, 2.24) is 0 Å². The van der Waals surface area contributed by atoms with Crippen LogP contribution in [0.1, 0.15) is 44.6 Å². The average molecular weight is 254 g/mol. The van der Waals surface area contributed by atoms with E-state index in [1.54, 1.807) is 6.92 Å². The van der Waals surface area contributed by atoms with Crippen LogP contribution >= 0.6 is 0 Å². The number of carbonyl (C=O) groups excluding carboxylic acids is 1. The van der Waals surface area contributed by atoms with Crippen LogP contribution in [0.3, 0.4) is 0 Å². The fraction of sp³-hybridized carbons (Fsp3) is 0.538. The van der Waals surface area contributed by atoms with Gasteiger partial charge in [0.2, 0.25) is 0 Å². The standard InChI is InChI=1S/C13H18O5/c1-4-6-10(7-5-2)12(14)16-8-11-9(3)17-13(15)18-11/h6H,4-5,7-8H2,1-3H3/b10-6+. The number of esters is 1. The second-order valence-electron chi connectivity index (χ2n) is 3.90. The molecule has 0 atom stereocenters. The second-order valence-corrected chi connectivity index (χ2v) is 3.90. The predicted molar refractivity (Wildman–Crippen MR) is 65.1 cm³/mol. The van der Waals surface area contributed by atoms with Crippen LogP contribution in [-0.4, -0.2) is 5.97 Å². The SMILES string of the molecule is CC/C=C(\CCC)C(=O)OCc1oc(=O)oc1C. The van der Waals surface area contributed by atoms with E-state index in [-0.39, 0.29) is 18.3 Å². The Hall–Kier alpha value is -1.78. The number of ether oxygens (including phenoxy) is 1. The van der Waals surface area contributed by atoms with E-state index in [1.807, 2.05) is 19.9 Å². The van der Waals surface area contributed by atoms with Crippen molar-refractivity contribution >= 4 is 5.97 Å². The predicted octanol–water partition coefficient (Wildman–Crippen LogP) is 2.72. The summed E-state index contributed by atoms with van der Waals surface area (Å²) in [5.41, 5.74) is 0.656. The third-order valence-corrected chi connectivity index (χ3v) is 2.40. The summed E-state index contributed by atoms with van der Waals surface area (Å²) in [6, 6.07) is 0. The normalized spacial score (nSPS) is 11.6. The number of aryl methyl sites for hydroxylation is 1. The largest absolute Gasteiger partial charge is 0.519 e. The maximum atomic E-state index is 11.8. The fourth-order valence-electron chi connectivity index (χ4n) is 1.53. The minimum absolute atomic E-state index is 0.0822. The molecule has 0 spiro atoms. The lowest BCUT2D eigenvalue weighted by molar-refractivity contribution is -0.141. The van der Waals surface area contributed by atoms with Gasteiger partial charge in [-0.25, -0.2) is 9.59 Å². The van der Waals surface area contributed by atoms with Crippen molar-refractivity contribution < 1.29 is 18.4 Å². The molecule has 1 aromatic heterocycles. The Morgan fingerprint density at radius 2 is 2.06 bits per heavy atom. The van der Waals surface area contributed by atoms with Crippen LogP contribution in [0.5, 0.6) is 0 Å². The van der Waals surface area contributed by atoms with Crippen molar-refractivity contribution in [2.45, 2.75) is 46.6 Å². The molecule has 0 N–H and O–H groups in total. The van der Waals surface area contributed by atoms with Crippen LogP contribution < -0.4 is 5.82 Å². The molecule has 0 aromatic carbocycles. The molecule has 1 heterocycles. The molecule has 0 bridgehead atoms. The first-order chi connectivity index (χ1) is 8.58. The van der Waals surface area contributed by atoms with E-state index in [4.69, 9.17) is 9.15 Å². The van der Waals surface area contributed by atoms with Gasteiger partial charge >= 0.3 is 11.8 Å². The summed E-state index contributed by atoms with van der Waals surface area (Å²) in [5, 5.41) is 0. The van der Waals surface area contributed by atoms with Gasteiger partial charge in [-0.15, -0.1) is 0 Å². The monoisotopic (exact) mass is 254 g/mol. The molecule has 0 aliphatic rings. The molecule has 0 amide bonds. The Labute approximate surface area is 105 Å². The fourth-order valence-corrected chi connectivity index (χ4v) is 1.53. The Bertz CT molecular complexity index is 478. The highest BCUT2D eigenvalue weighted by Crippen LogP contribution is 2.12. The maximum Gasteiger partial charge on any atom is 0.519 e. The summed E-state index contributed by atoms with van der Waals surface area (Å²) in [4.78, 5) is 22.6. The first-order valence-electron chi connectivity index (χ1n) is 6.04. The molecule has 1 rings (SSSR count). The van der Waals surface area contributed by atoms with E-state index in [9.17, 15) is 9.59 Å². The van der Waals surface area contributed by atoms with Gasteiger partial charge in [-0.3, -0.25) is 0 Å². The van der Waals surface area contributed by atoms with E-state index in [0.29, 0.717) is 17.8 Å². The van der Waals surface area contributed by atoms with Gasteiger partial charge in [0.05, 0.1) is 0 Å². The Morgan fingerprint density at radius 3 is 2.56 bits per heavy atom. The highest BCUT2D eigenvalue weighted by molar-refractivity contribution is 5.88. The van der Waals surface area contributed by atoms with Gasteiger partial charge in [0, 0.05) is 5.57 Å². The zero-order valence-corrected chi connectivity index (χ0v) is 10.9. The Morgan fingerprint density at radius 1 is 1.33 bits per heavy atom. The second kappa shape index (κ2) is 6.83. The topological polar surface area (TPSA) is 69.7 Å². The first-order valence-corrected chi connectivity index (χ1v) is 6.04. The van der Waals surface area contributed by atoms with E-state index in [0.717, 1.165) is 12.8 Å². The molecular formula is C13H18O5. The quantitative estimate of drug-likeness (QED) is 0.576. The Balaban J connectivity index is 2.62. The molecule has 5 nitrogen and oxygen atoms in total. The number of hydrogen-bond donors (Lipinski definition) is 0. The van der Waals surface area contributed by atoms with Crippen molar-refractivity contribution in [1.29, 1.82) is 0 Å². The molecule has 0 aliphatic heterocycles. The van der Waals surface area contributed by atoms with E-state index >= 15 is 0 Å². The molecular weight excluding hydrogens is 236 g/mol. The van der Waals surface area contributed by atoms with Crippen LogP contribution in [0.15, 0.2) is 25.3 Å². The lowest BCUT2D eigenvalue weighted by Crippen LogP contribution is -2.08. The molecule has 0 saturated carbocycles. The number of carbonyl (C=O) groups is 1. The number of allylic oxidation sites excluding steroid dienone is 1. The van der Waals surface area contributed by atoms with Crippen LogP contribution in [0, 0.1) is 6.92 Å². The maximum absolute atomic E-state index is 11.8. The number of hydrogen-bond acceptors (Lipinski definition) is 5. The molecule has 0 saturated heterocycles. The summed E-state index contributed by atoms with van der Waals surface area (Å²) in [6.45, 7) is 5.46. The lowest BCUT2D eigenvalue weighted by Gasteiger charge is -2.06. The molecule has 18 heavy (non-hydrogen) atoms. The minimum Gasteiger partial charge on any atom is -0.454 e. The Kier molecular flexibility index (Phi) is 5.42. The van der Waals surface area contributed by atoms with Crippen molar-refractivity contribution in [3.63, 3.8) is 0 Å². The van der Waals surface area contributed by atoms with E-state index < -0.39 is 5.82 Å². The van der Waals surface area contributed by atoms with Gasteiger partial charge in [-0.2, -0.15) is 0 Å². The summed E-state index contributed by atoms with van der Waals surface area (Å²) < 4.78 is 14.5. The smallest absolute Gasteiger partial charge is 0.454 e. The molecule has 0 fully saturated rings. The zero-order valence-electron chi connectivity index (χ0n) is 10.9. The molecule has 1 aromatic rings. The van der Waals surface area contributed by atoms with Crippen LogP contribution in [0.2, 0.25) is 0 Å². The molecule has 0 aliphatic carbocycles. The van der Waals surface area contributed by atoms with Crippen LogP contribution in [0.25, 0.3) is 0 Å². The van der Waals surface area contributed by atoms with E-state index in [1.165, 1.54) is 0 Å². The van der Waals surface area contributed by atoms with Crippen molar-refractivity contribution in [3.05, 3.63) is 33.8 Å². The lowest BCUT2D eigenvalue weighted by atomic mass is 10.1. The summed E-state index contributed by atoms with van der Waals surface area (Å²) in [5.74, 6) is -0.566. The summed E-state index contributed by atoms with van der Waals surface area (Å²) in [6.07, 6.45) is 4.19. The average Bonchev–Trinajstić information content (AvgIpc) is 2.64. The van der Waals surface area contributed by atoms with Crippen LogP contribution in [-0.2, 0) is 16.1 Å². The van der Waals surface area contributed by atoms with Gasteiger partial charge < -0.3 is 13.6 Å². The van der Waals surface area contributed by atoms with Crippen molar-refractivity contribution in [2.75, 3.05) is 0 Å². The highest BCUT2D eigenvalue weighted by Gasteiger charge is 2.14. The third kappa shape index (κ3) is 3.91. The molecule has 0 radical (unpaired) electrons. The van der Waals surface area contributed by atoms with Gasteiger partial charge in [0.25, 0.3) is 0 Å². The van der Waals surface area contributed by atoms with Crippen molar-refractivity contribution in [3.8, 4) is 0 Å². The first kappa shape index (κ1) is 14.3. The molecule has 5 heteroatoms. The highest BCUT2D eigenvalue weighted by atomic mass is 16.6. The van der Waals surface area contributed by atoms with Gasteiger partial charge in [0.1, 0.15) is 0 Å². The minimum atomic E-state index is -0.781. The zero-order chi connectivity index (χ0) is 13.5. The van der Waals surface area contributed by atoms with E-state index in [2.05, 4.69) is 4.42 Å². The van der Waals surface area contributed by atoms with Gasteiger partial charge in [0.15, 0.2) is 18.1 Å². The third-order valence-electron chi connectivity index (χ3n) is 2.40. The van der Waals surface area contributed by atoms with Crippen molar-refractivity contribution in [2.24, 2.45) is 0 Å². The summed E-state index contributed by atoms with van der Waals surface area (Å²) >= 11 is 0. The molecule has 100 valence electrons.